The number of aryl methyl sites for hydroxylation is 2. The summed E-state index contributed by atoms with van der Waals surface area (Å²) in [4.78, 5) is 0. The van der Waals surface area contributed by atoms with Gasteiger partial charge in [-0.1, -0.05) is 35.1 Å². The molecule has 0 saturated carbocycles. The average molecular weight is 289 g/mol. The maximum atomic E-state index is 4.33. The first-order valence-electron chi connectivity index (χ1n) is 7.00. The molecule has 4 heteroatoms. The van der Waals surface area contributed by atoms with Crippen LogP contribution < -0.4 is 5.32 Å². The van der Waals surface area contributed by atoms with Crippen LogP contribution in [0.5, 0.6) is 0 Å². The van der Waals surface area contributed by atoms with Crippen LogP contribution in [0.25, 0.3) is 10.6 Å². The van der Waals surface area contributed by atoms with Gasteiger partial charge >= 0.3 is 0 Å². The second-order valence-corrected chi connectivity index (χ2v) is 7.31. The lowest BCUT2D eigenvalue weighted by atomic mass is 10.1. The third-order valence-electron chi connectivity index (χ3n) is 3.07. The molecule has 20 heavy (non-hydrogen) atoms. The Labute approximate surface area is 125 Å². The third kappa shape index (κ3) is 4.12. The van der Waals surface area contributed by atoms with Crippen molar-refractivity contribution in [3.05, 3.63) is 34.3 Å². The number of hydrogen-bond donors (Lipinski definition) is 1. The van der Waals surface area contributed by atoms with E-state index in [0.717, 1.165) is 23.0 Å². The minimum absolute atomic E-state index is 0.154. The van der Waals surface area contributed by atoms with E-state index in [4.69, 9.17) is 0 Å². The van der Waals surface area contributed by atoms with E-state index < -0.39 is 0 Å². The molecule has 0 atom stereocenters. The molecule has 1 N–H and O–H groups in total. The standard InChI is InChI=1S/C16H23N3S/c1-11-6-7-13(12(2)10-11)15-19-18-14(20-15)8-9-17-16(3,4)5/h6-7,10,17H,8-9H2,1-5H3. The SMILES string of the molecule is Cc1ccc(-c2nnc(CCNC(C)(C)C)s2)c(C)c1. The molecule has 0 saturated heterocycles. The van der Waals surface area contributed by atoms with E-state index in [2.05, 4.69) is 68.3 Å². The molecule has 2 rings (SSSR count). The van der Waals surface area contributed by atoms with Gasteiger partial charge in [-0.3, -0.25) is 0 Å². The maximum absolute atomic E-state index is 4.33. The first-order chi connectivity index (χ1) is 9.35. The van der Waals surface area contributed by atoms with E-state index in [0.29, 0.717) is 0 Å². The van der Waals surface area contributed by atoms with Gasteiger partial charge in [0.05, 0.1) is 0 Å². The van der Waals surface area contributed by atoms with Crippen molar-refractivity contribution in [1.82, 2.24) is 15.5 Å². The molecule has 1 aromatic carbocycles. The van der Waals surface area contributed by atoms with Crippen molar-refractivity contribution in [2.75, 3.05) is 6.54 Å². The summed E-state index contributed by atoms with van der Waals surface area (Å²) in [7, 11) is 0. The molecular formula is C16H23N3S. The Bertz CT molecular complexity index is 582. The highest BCUT2D eigenvalue weighted by Gasteiger charge is 2.11. The number of hydrogen-bond acceptors (Lipinski definition) is 4. The van der Waals surface area contributed by atoms with Crippen molar-refractivity contribution >= 4 is 11.3 Å². The number of rotatable bonds is 4. The first kappa shape index (κ1) is 15.1. The van der Waals surface area contributed by atoms with Crippen LogP contribution in [0.4, 0.5) is 0 Å². The Morgan fingerprint density at radius 3 is 2.55 bits per heavy atom. The largest absolute Gasteiger partial charge is 0.312 e. The first-order valence-corrected chi connectivity index (χ1v) is 7.82. The zero-order chi connectivity index (χ0) is 14.8. The number of benzene rings is 1. The molecule has 0 aliphatic heterocycles. The van der Waals surface area contributed by atoms with Gasteiger partial charge in [-0.05, 0) is 40.2 Å². The topological polar surface area (TPSA) is 37.8 Å². The Morgan fingerprint density at radius 1 is 1.15 bits per heavy atom. The summed E-state index contributed by atoms with van der Waals surface area (Å²) in [5, 5.41) is 14.2. The molecule has 0 bridgehead atoms. The zero-order valence-corrected chi connectivity index (χ0v) is 13.8. The smallest absolute Gasteiger partial charge is 0.148 e. The predicted octanol–water partition coefficient (Wildman–Crippen LogP) is 3.75. The summed E-state index contributed by atoms with van der Waals surface area (Å²) in [6.07, 6.45) is 0.930. The molecule has 0 fully saturated rings. The van der Waals surface area contributed by atoms with Crippen LogP contribution in [0.15, 0.2) is 18.2 Å². The van der Waals surface area contributed by atoms with Gasteiger partial charge in [-0.25, -0.2) is 0 Å². The van der Waals surface area contributed by atoms with Crippen LogP contribution in [0.2, 0.25) is 0 Å². The van der Waals surface area contributed by atoms with Gasteiger partial charge < -0.3 is 5.32 Å². The van der Waals surface area contributed by atoms with Gasteiger partial charge in [0, 0.05) is 24.1 Å². The van der Waals surface area contributed by atoms with Crippen molar-refractivity contribution in [3.63, 3.8) is 0 Å². The molecule has 0 amide bonds. The van der Waals surface area contributed by atoms with Crippen molar-refractivity contribution < 1.29 is 0 Å². The van der Waals surface area contributed by atoms with E-state index in [1.807, 2.05) is 0 Å². The molecule has 0 aliphatic carbocycles. The summed E-state index contributed by atoms with van der Waals surface area (Å²) in [6.45, 7) is 11.7. The van der Waals surface area contributed by atoms with E-state index in [9.17, 15) is 0 Å². The molecule has 0 unspecified atom stereocenters. The van der Waals surface area contributed by atoms with E-state index in [1.165, 1.54) is 16.7 Å². The van der Waals surface area contributed by atoms with Crippen molar-refractivity contribution in [3.8, 4) is 10.6 Å². The van der Waals surface area contributed by atoms with Crippen LogP contribution in [-0.4, -0.2) is 22.3 Å². The third-order valence-corrected chi connectivity index (χ3v) is 4.09. The lowest BCUT2D eigenvalue weighted by molar-refractivity contribution is 0.429. The van der Waals surface area contributed by atoms with Crippen molar-refractivity contribution in [2.24, 2.45) is 0 Å². The van der Waals surface area contributed by atoms with Crippen molar-refractivity contribution in [1.29, 1.82) is 0 Å². The minimum Gasteiger partial charge on any atom is -0.312 e. The van der Waals surface area contributed by atoms with E-state index in [-0.39, 0.29) is 5.54 Å². The van der Waals surface area contributed by atoms with Gasteiger partial charge in [-0.2, -0.15) is 0 Å². The monoisotopic (exact) mass is 289 g/mol. The molecule has 2 aromatic rings. The van der Waals surface area contributed by atoms with Crippen LogP contribution >= 0.6 is 11.3 Å². The van der Waals surface area contributed by atoms with Gasteiger partial charge in [0.1, 0.15) is 10.0 Å². The van der Waals surface area contributed by atoms with E-state index in [1.54, 1.807) is 11.3 Å². The second-order valence-electron chi connectivity index (χ2n) is 6.25. The highest BCUT2D eigenvalue weighted by Crippen LogP contribution is 2.27. The summed E-state index contributed by atoms with van der Waals surface area (Å²) in [5.41, 5.74) is 3.90. The molecule has 1 heterocycles. The fourth-order valence-corrected chi connectivity index (χ4v) is 2.99. The zero-order valence-electron chi connectivity index (χ0n) is 12.9. The lowest BCUT2D eigenvalue weighted by Gasteiger charge is -2.19. The molecular weight excluding hydrogens is 266 g/mol. The van der Waals surface area contributed by atoms with Crippen LogP contribution in [0.3, 0.4) is 0 Å². The fourth-order valence-electron chi connectivity index (χ4n) is 2.06. The minimum atomic E-state index is 0.154. The lowest BCUT2D eigenvalue weighted by Crippen LogP contribution is -2.37. The molecule has 0 radical (unpaired) electrons. The number of nitrogens with zero attached hydrogens (tertiary/aromatic N) is 2. The highest BCUT2D eigenvalue weighted by atomic mass is 32.1. The summed E-state index contributed by atoms with van der Waals surface area (Å²) in [6, 6.07) is 6.46. The summed E-state index contributed by atoms with van der Waals surface area (Å²) >= 11 is 1.69. The number of aromatic nitrogens is 2. The molecule has 3 nitrogen and oxygen atoms in total. The van der Waals surface area contributed by atoms with Gasteiger partial charge in [0.25, 0.3) is 0 Å². The van der Waals surface area contributed by atoms with E-state index >= 15 is 0 Å². The summed E-state index contributed by atoms with van der Waals surface area (Å²) < 4.78 is 0. The van der Waals surface area contributed by atoms with Crippen LogP contribution in [0, 0.1) is 13.8 Å². The molecule has 0 aliphatic rings. The average Bonchev–Trinajstić information content (AvgIpc) is 2.75. The van der Waals surface area contributed by atoms with Crippen LogP contribution in [-0.2, 0) is 6.42 Å². The van der Waals surface area contributed by atoms with Gasteiger partial charge in [0.15, 0.2) is 0 Å². The number of nitrogens with one attached hydrogen (secondary N) is 1. The van der Waals surface area contributed by atoms with Crippen molar-refractivity contribution in [2.45, 2.75) is 46.6 Å². The second kappa shape index (κ2) is 6.02. The quantitative estimate of drug-likeness (QED) is 0.931. The molecule has 1 aromatic heterocycles. The Kier molecular flexibility index (Phi) is 4.55. The predicted molar refractivity (Wildman–Crippen MR) is 86.3 cm³/mol. The fraction of sp³-hybridized carbons (Fsp3) is 0.500. The van der Waals surface area contributed by atoms with Crippen LogP contribution in [0.1, 0.15) is 36.9 Å². The Hall–Kier alpha value is -1.26. The highest BCUT2D eigenvalue weighted by molar-refractivity contribution is 7.14. The Balaban J connectivity index is 2.05. The maximum Gasteiger partial charge on any atom is 0.148 e. The molecule has 0 spiro atoms. The van der Waals surface area contributed by atoms with Gasteiger partial charge in [0.2, 0.25) is 0 Å². The normalized spacial score (nSPS) is 11.8. The van der Waals surface area contributed by atoms with Gasteiger partial charge in [-0.15, -0.1) is 10.2 Å². The Morgan fingerprint density at radius 2 is 1.90 bits per heavy atom. The molecule has 108 valence electrons. The summed E-state index contributed by atoms with van der Waals surface area (Å²) in [5.74, 6) is 0.